The van der Waals surface area contributed by atoms with Crippen molar-refractivity contribution in [2.24, 2.45) is 0 Å². The molecule has 0 saturated heterocycles. The number of hydrogen-bond donors (Lipinski definition) is 0. The highest BCUT2D eigenvalue weighted by atomic mass is 32.2. The highest BCUT2D eigenvalue weighted by Crippen LogP contribution is 2.30. The number of nitrogens with zero attached hydrogens (tertiary/aromatic N) is 5. The first-order valence-electron chi connectivity index (χ1n) is 12.5. The highest BCUT2D eigenvalue weighted by molar-refractivity contribution is 7.98. The molecular weight excluding hydrogens is 510 g/mol. The zero-order valence-corrected chi connectivity index (χ0v) is 23.1. The van der Waals surface area contributed by atoms with Crippen LogP contribution in [0.25, 0.3) is 26.6 Å². The SMILES string of the molecule is CC(C)(C)c1ccc(-c2nnc(SCc3cc(=O)n4c(n3)sc3ccccc34)n2Cc2ccccc2)cc1. The minimum atomic E-state index is -0.0616. The Balaban J connectivity index is 1.33. The summed E-state index contributed by atoms with van der Waals surface area (Å²) < 4.78 is 4.88. The van der Waals surface area contributed by atoms with Gasteiger partial charge in [0, 0.05) is 17.4 Å². The second-order valence-corrected chi connectivity index (χ2v) is 12.2. The summed E-state index contributed by atoms with van der Waals surface area (Å²) in [4.78, 5) is 18.5. The summed E-state index contributed by atoms with van der Waals surface area (Å²) in [5.74, 6) is 1.35. The summed E-state index contributed by atoms with van der Waals surface area (Å²) in [6.45, 7) is 7.29. The number of para-hydroxylation sites is 1. The van der Waals surface area contributed by atoms with E-state index < -0.39 is 0 Å². The Morgan fingerprint density at radius 2 is 1.63 bits per heavy atom. The lowest BCUT2D eigenvalue weighted by molar-refractivity contribution is 0.590. The van der Waals surface area contributed by atoms with Gasteiger partial charge in [0.05, 0.1) is 22.5 Å². The molecule has 0 fully saturated rings. The van der Waals surface area contributed by atoms with E-state index in [1.165, 1.54) is 22.5 Å². The van der Waals surface area contributed by atoms with Crippen molar-refractivity contribution < 1.29 is 0 Å². The molecule has 0 aliphatic heterocycles. The molecule has 3 aromatic carbocycles. The summed E-state index contributed by atoms with van der Waals surface area (Å²) in [6.07, 6.45) is 0. The van der Waals surface area contributed by atoms with Gasteiger partial charge in [0.2, 0.25) is 0 Å². The van der Waals surface area contributed by atoms with Crippen molar-refractivity contribution in [1.29, 1.82) is 0 Å². The molecule has 0 aliphatic rings. The highest BCUT2D eigenvalue weighted by Gasteiger charge is 2.18. The predicted molar refractivity (Wildman–Crippen MR) is 156 cm³/mol. The molecule has 0 unspecified atom stereocenters. The average molecular weight is 538 g/mol. The fraction of sp³-hybridized carbons (Fsp3) is 0.200. The molecule has 6 aromatic rings. The first-order valence-corrected chi connectivity index (χ1v) is 14.3. The maximum absolute atomic E-state index is 13.0. The van der Waals surface area contributed by atoms with Crippen molar-refractivity contribution in [3.63, 3.8) is 0 Å². The maximum atomic E-state index is 13.0. The van der Waals surface area contributed by atoms with Crippen molar-refractivity contribution in [2.75, 3.05) is 0 Å². The molecular formula is C30H27N5OS2. The van der Waals surface area contributed by atoms with Crippen LogP contribution in [0.1, 0.15) is 37.6 Å². The molecule has 0 atom stereocenters. The first-order chi connectivity index (χ1) is 18.4. The van der Waals surface area contributed by atoms with Crippen LogP contribution in [0.3, 0.4) is 0 Å². The monoisotopic (exact) mass is 537 g/mol. The Labute approximate surface area is 229 Å². The molecule has 6 nitrogen and oxygen atoms in total. The van der Waals surface area contributed by atoms with Gasteiger partial charge in [-0.3, -0.25) is 13.8 Å². The van der Waals surface area contributed by atoms with E-state index in [1.54, 1.807) is 22.2 Å². The Morgan fingerprint density at radius 3 is 2.39 bits per heavy atom. The fourth-order valence-corrected chi connectivity index (χ4v) is 6.35. The molecule has 0 spiro atoms. The van der Waals surface area contributed by atoms with Gasteiger partial charge in [-0.15, -0.1) is 10.2 Å². The van der Waals surface area contributed by atoms with Gasteiger partial charge in [-0.25, -0.2) is 4.98 Å². The predicted octanol–water partition coefficient (Wildman–Crippen LogP) is 6.81. The molecule has 0 radical (unpaired) electrons. The number of thiazole rings is 1. The molecule has 8 heteroatoms. The molecule has 3 heterocycles. The van der Waals surface area contributed by atoms with Crippen LogP contribution in [0, 0.1) is 0 Å². The van der Waals surface area contributed by atoms with E-state index >= 15 is 0 Å². The zero-order valence-electron chi connectivity index (χ0n) is 21.5. The molecule has 0 N–H and O–H groups in total. The minimum Gasteiger partial charge on any atom is -0.298 e. The van der Waals surface area contributed by atoms with E-state index in [4.69, 9.17) is 4.98 Å². The van der Waals surface area contributed by atoms with E-state index in [9.17, 15) is 4.79 Å². The van der Waals surface area contributed by atoms with E-state index in [0.717, 1.165) is 32.5 Å². The third-order valence-corrected chi connectivity index (χ3v) is 8.53. The van der Waals surface area contributed by atoms with Gasteiger partial charge in [-0.1, -0.05) is 111 Å². The molecule has 6 rings (SSSR count). The standard InChI is InChI=1S/C30H27N5OS2/c1-30(2,3)22-15-13-21(14-16-22)27-32-33-29(34(27)18-20-9-5-4-6-10-20)37-19-23-17-26(36)35-24-11-7-8-12-25(24)38-28(35)31-23/h4-17H,18-19H2,1-3H3. The van der Waals surface area contributed by atoms with Crippen molar-refractivity contribution >= 4 is 38.3 Å². The summed E-state index contributed by atoms with van der Waals surface area (Å²) in [6, 6.07) is 28.4. The van der Waals surface area contributed by atoms with Crippen molar-refractivity contribution in [3.8, 4) is 11.4 Å². The lowest BCUT2D eigenvalue weighted by Gasteiger charge is -2.19. The van der Waals surface area contributed by atoms with Crippen LogP contribution in [-0.2, 0) is 17.7 Å². The van der Waals surface area contributed by atoms with Crippen LogP contribution in [0.15, 0.2) is 94.9 Å². The molecule has 0 amide bonds. The second-order valence-electron chi connectivity index (χ2n) is 10.3. The molecule has 0 saturated carbocycles. The van der Waals surface area contributed by atoms with E-state index in [2.05, 4.69) is 71.9 Å². The summed E-state index contributed by atoms with van der Waals surface area (Å²) in [5.41, 5.74) is 5.12. The van der Waals surface area contributed by atoms with Gasteiger partial charge < -0.3 is 0 Å². The molecule has 0 aliphatic carbocycles. The van der Waals surface area contributed by atoms with E-state index in [0.29, 0.717) is 17.3 Å². The number of benzene rings is 3. The van der Waals surface area contributed by atoms with Crippen LogP contribution in [-0.4, -0.2) is 24.1 Å². The van der Waals surface area contributed by atoms with Gasteiger partial charge in [-0.05, 0) is 28.7 Å². The third kappa shape index (κ3) is 4.77. The Bertz CT molecular complexity index is 1790. The Morgan fingerprint density at radius 1 is 0.895 bits per heavy atom. The van der Waals surface area contributed by atoms with Crippen molar-refractivity contribution in [1.82, 2.24) is 24.1 Å². The van der Waals surface area contributed by atoms with Gasteiger partial charge in [0.15, 0.2) is 15.9 Å². The van der Waals surface area contributed by atoms with Crippen LogP contribution in [0.4, 0.5) is 0 Å². The van der Waals surface area contributed by atoms with Gasteiger partial charge in [0.1, 0.15) is 0 Å². The largest absolute Gasteiger partial charge is 0.298 e. The molecule has 190 valence electrons. The fourth-order valence-electron chi connectivity index (χ4n) is 4.47. The number of hydrogen-bond acceptors (Lipinski definition) is 6. The number of aromatic nitrogens is 5. The summed E-state index contributed by atoms with van der Waals surface area (Å²) in [7, 11) is 0. The molecule has 0 bridgehead atoms. The minimum absolute atomic E-state index is 0.0616. The number of fused-ring (bicyclic) bond motifs is 3. The second kappa shape index (κ2) is 9.85. The number of thioether (sulfide) groups is 1. The van der Waals surface area contributed by atoms with Crippen molar-refractivity contribution in [2.45, 2.75) is 43.6 Å². The average Bonchev–Trinajstić information content (AvgIpc) is 3.49. The maximum Gasteiger partial charge on any atom is 0.259 e. The quantitative estimate of drug-likeness (QED) is 0.219. The molecule has 38 heavy (non-hydrogen) atoms. The number of rotatable bonds is 6. The smallest absolute Gasteiger partial charge is 0.259 e. The van der Waals surface area contributed by atoms with Crippen LogP contribution in [0.2, 0.25) is 0 Å². The van der Waals surface area contributed by atoms with Gasteiger partial charge in [-0.2, -0.15) is 0 Å². The van der Waals surface area contributed by atoms with Gasteiger partial charge >= 0.3 is 0 Å². The van der Waals surface area contributed by atoms with Crippen molar-refractivity contribution in [3.05, 3.63) is 112 Å². The van der Waals surface area contributed by atoms with Gasteiger partial charge in [0.25, 0.3) is 5.56 Å². The Kier molecular flexibility index (Phi) is 6.37. The summed E-state index contributed by atoms with van der Waals surface area (Å²) in [5, 5.41) is 9.95. The lowest BCUT2D eigenvalue weighted by atomic mass is 9.87. The first kappa shape index (κ1) is 24.6. The van der Waals surface area contributed by atoms with Crippen LogP contribution in [0.5, 0.6) is 0 Å². The van der Waals surface area contributed by atoms with Crippen LogP contribution < -0.4 is 5.56 Å². The zero-order chi connectivity index (χ0) is 26.3. The normalized spacial score (nSPS) is 12.0. The third-order valence-electron chi connectivity index (χ3n) is 6.51. The van der Waals surface area contributed by atoms with Crippen LogP contribution >= 0.6 is 23.1 Å². The Hall–Kier alpha value is -3.75. The van der Waals surface area contributed by atoms with E-state index in [1.807, 2.05) is 42.5 Å². The summed E-state index contributed by atoms with van der Waals surface area (Å²) >= 11 is 3.08. The van der Waals surface area contributed by atoms with E-state index in [-0.39, 0.29) is 11.0 Å². The molecule has 3 aromatic heterocycles. The topological polar surface area (TPSA) is 65.1 Å². The lowest BCUT2D eigenvalue weighted by Crippen LogP contribution is -2.13.